The number of hydrogen-bond acceptors (Lipinski definition) is 7. The van der Waals surface area contributed by atoms with E-state index in [9.17, 15) is 19.8 Å². The molecule has 1 atom stereocenters. The number of hydrogen-bond donors (Lipinski definition) is 2. The Bertz CT molecular complexity index is 1310. The second kappa shape index (κ2) is 12.6. The summed E-state index contributed by atoms with van der Waals surface area (Å²) in [4.78, 5) is 24.9. The van der Waals surface area contributed by atoms with Crippen LogP contribution in [0, 0.1) is 11.8 Å². The molecule has 1 aliphatic rings. The van der Waals surface area contributed by atoms with Crippen molar-refractivity contribution in [3.63, 3.8) is 0 Å². The van der Waals surface area contributed by atoms with Gasteiger partial charge in [-0.05, 0) is 81.2 Å². The summed E-state index contributed by atoms with van der Waals surface area (Å²) < 4.78 is 0.738. The Morgan fingerprint density at radius 2 is 1.97 bits per heavy atom. The van der Waals surface area contributed by atoms with Gasteiger partial charge in [-0.3, -0.25) is 9.80 Å². The van der Waals surface area contributed by atoms with Crippen LogP contribution in [-0.4, -0.2) is 50.6 Å². The second-order valence-electron chi connectivity index (χ2n) is 8.00. The van der Waals surface area contributed by atoms with Gasteiger partial charge in [0.25, 0.3) is 0 Å². The molecule has 0 saturated heterocycles. The number of rotatable bonds is 9. The molecule has 6 nitrogen and oxygen atoms in total. The van der Waals surface area contributed by atoms with Crippen molar-refractivity contribution in [2.45, 2.75) is 25.4 Å². The van der Waals surface area contributed by atoms with Gasteiger partial charge in [0.15, 0.2) is 0 Å². The zero-order valence-electron chi connectivity index (χ0n) is 19.1. The Kier molecular flexibility index (Phi) is 9.29. The zero-order chi connectivity index (χ0) is 25.5. The number of aliphatic hydroxyl groups excluding tert-OH is 1. The number of hydrazine groups is 1. The molecule has 3 aromatic rings. The van der Waals surface area contributed by atoms with E-state index in [-0.39, 0.29) is 10.1 Å². The molecule has 3 heterocycles. The van der Waals surface area contributed by atoms with Crippen LogP contribution in [0.25, 0.3) is 0 Å². The highest BCUT2D eigenvalue weighted by Crippen LogP contribution is 2.29. The van der Waals surface area contributed by atoms with Crippen molar-refractivity contribution < 1.29 is 19.8 Å². The summed E-state index contributed by atoms with van der Waals surface area (Å²) >= 11 is 7.35. The molecular formula is C26H23BrN2O4S3. The van der Waals surface area contributed by atoms with Gasteiger partial charge in [0.2, 0.25) is 0 Å². The van der Waals surface area contributed by atoms with Crippen LogP contribution in [0.4, 0.5) is 4.79 Å². The average Bonchev–Trinajstić information content (AvgIpc) is 3.51. The van der Waals surface area contributed by atoms with E-state index in [4.69, 9.17) is 0 Å². The first-order valence-corrected chi connectivity index (χ1v) is 14.6. The largest absolute Gasteiger partial charge is 0.477 e. The molecule has 0 aliphatic carbocycles. The maximum absolute atomic E-state index is 12.6. The fraction of sp³-hybridized carbons (Fsp3) is 0.231. The highest BCUT2D eigenvalue weighted by molar-refractivity contribution is 9.10. The lowest BCUT2D eigenvalue weighted by molar-refractivity contribution is 0.0547. The minimum atomic E-state index is -0.963. The Labute approximate surface area is 230 Å². The Balaban J connectivity index is 1.32. The summed E-state index contributed by atoms with van der Waals surface area (Å²) in [6, 6.07) is 11.5. The molecule has 1 aliphatic heterocycles. The number of aromatic carboxylic acids is 1. The molecule has 1 aromatic carbocycles. The lowest BCUT2D eigenvalue weighted by Crippen LogP contribution is -2.45. The van der Waals surface area contributed by atoms with Crippen molar-refractivity contribution in [3.05, 3.63) is 89.7 Å². The van der Waals surface area contributed by atoms with Crippen LogP contribution in [0.3, 0.4) is 0 Å². The van der Waals surface area contributed by atoms with Crippen LogP contribution < -0.4 is 0 Å². The summed E-state index contributed by atoms with van der Waals surface area (Å²) in [5.74, 6) is 5.35. The van der Waals surface area contributed by atoms with Gasteiger partial charge in [0, 0.05) is 51.6 Å². The Morgan fingerprint density at radius 1 is 1.14 bits per heavy atom. The topological polar surface area (TPSA) is 81.1 Å². The Hall–Kier alpha value is -2.55. The molecule has 2 aromatic heterocycles. The number of nitrogens with zero attached hydrogens (tertiary/aromatic N) is 2. The molecule has 10 heteroatoms. The van der Waals surface area contributed by atoms with E-state index in [1.807, 2.05) is 52.3 Å². The number of halogens is 1. The summed E-state index contributed by atoms with van der Waals surface area (Å²) in [6.07, 6.45) is 2.77. The summed E-state index contributed by atoms with van der Waals surface area (Å²) in [5, 5.41) is 29.0. The van der Waals surface area contributed by atoms with Crippen molar-refractivity contribution in [3.8, 4) is 11.8 Å². The van der Waals surface area contributed by atoms with Gasteiger partial charge in [-0.2, -0.15) is 11.3 Å². The first-order chi connectivity index (χ1) is 17.4. The van der Waals surface area contributed by atoms with E-state index in [2.05, 4.69) is 27.8 Å². The molecule has 0 spiro atoms. The van der Waals surface area contributed by atoms with E-state index in [0.29, 0.717) is 32.4 Å². The van der Waals surface area contributed by atoms with Crippen LogP contribution >= 0.6 is 50.4 Å². The number of amides is 1. The first-order valence-electron chi connectivity index (χ1n) is 11.1. The van der Waals surface area contributed by atoms with Crippen molar-refractivity contribution in [2.24, 2.45) is 0 Å². The number of carboxylic acids is 1. The van der Waals surface area contributed by atoms with Gasteiger partial charge < -0.3 is 10.2 Å². The molecule has 2 N–H and O–H groups in total. The molecule has 0 bridgehead atoms. The smallest absolute Gasteiger partial charge is 0.345 e. The number of thiophene rings is 2. The van der Waals surface area contributed by atoms with Gasteiger partial charge in [-0.1, -0.05) is 24.0 Å². The maximum Gasteiger partial charge on any atom is 0.345 e. The zero-order valence-corrected chi connectivity index (χ0v) is 23.1. The van der Waals surface area contributed by atoms with E-state index in [1.165, 1.54) is 11.3 Å². The van der Waals surface area contributed by atoms with E-state index < -0.39 is 12.1 Å². The summed E-state index contributed by atoms with van der Waals surface area (Å²) in [6.45, 7) is 0.892. The number of carbonyl (C=O) groups excluding carboxylic acids is 1. The SMILES string of the molecule is O=C(O)c1cc(Br)c(CCN2C(=O)SC=CN2CCC(O)Cc2cccc(C#Cc3ccsc3)c2)s1. The Morgan fingerprint density at radius 3 is 2.72 bits per heavy atom. The van der Waals surface area contributed by atoms with Gasteiger partial charge in [0.1, 0.15) is 4.88 Å². The van der Waals surface area contributed by atoms with Crippen molar-refractivity contribution in [2.75, 3.05) is 13.1 Å². The van der Waals surface area contributed by atoms with Crippen molar-refractivity contribution >= 4 is 61.6 Å². The highest BCUT2D eigenvalue weighted by atomic mass is 79.9. The molecule has 4 rings (SSSR count). The third-order valence-corrected chi connectivity index (χ3v) is 8.91. The lowest BCUT2D eigenvalue weighted by atomic mass is 10.0. The molecule has 1 amide bonds. The minimum Gasteiger partial charge on any atom is -0.477 e. The minimum absolute atomic E-state index is 0.102. The van der Waals surface area contributed by atoms with E-state index in [1.54, 1.807) is 27.8 Å². The van der Waals surface area contributed by atoms with Gasteiger partial charge >= 0.3 is 11.2 Å². The normalized spacial score (nSPS) is 14.0. The number of aliphatic hydroxyl groups is 1. The lowest BCUT2D eigenvalue weighted by Gasteiger charge is -2.36. The third kappa shape index (κ3) is 7.24. The fourth-order valence-electron chi connectivity index (χ4n) is 3.62. The standard InChI is InChI=1S/C26H23BrN2O4S3/c27-22-16-24(25(31)32)36-23(22)7-10-29-26(33)35-13-11-28(29)9-6-21(30)15-20-3-1-2-18(14-20)4-5-19-8-12-34-17-19/h1-3,8,11-14,16-17,21,30H,6-7,9-10,15H2,(H,31,32). The molecule has 186 valence electrons. The van der Waals surface area contributed by atoms with Crippen LogP contribution in [-0.2, 0) is 12.8 Å². The van der Waals surface area contributed by atoms with Gasteiger partial charge in [-0.15, -0.1) is 11.3 Å². The summed E-state index contributed by atoms with van der Waals surface area (Å²) in [7, 11) is 0. The van der Waals surface area contributed by atoms with Crippen molar-refractivity contribution in [1.82, 2.24) is 10.0 Å². The number of carbonyl (C=O) groups is 2. The number of thioether (sulfide) groups is 1. The monoisotopic (exact) mass is 602 g/mol. The third-order valence-electron chi connectivity index (χ3n) is 5.40. The van der Waals surface area contributed by atoms with Crippen LogP contribution in [0.2, 0.25) is 0 Å². The van der Waals surface area contributed by atoms with Crippen LogP contribution in [0.15, 0.2) is 63.2 Å². The van der Waals surface area contributed by atoms with Gasteiger partial charge in [-0.25, -0.2) is 9.80 Å². The summed E-state index contributed by atoms with van der Waals surface area (Å²) in [5.41, 5.74) is 2.91. The number of benzene rings is 1. The van der Waals surface area contributed by atoms with Gasteiger partial charge in [0.05, 0.1) is 6.10 Å². The maximum atomic E-state index is 12.6. The molecular weight excluding hydrogens is 580 g/mol. The molecule has 0 radical (unpaired) electrons. The number of carboxylic acid groups (broad SMARTS) is 1. The first kappa shape index (κ1) is 26.5. The predicted molar refractivity (Wildman–Crippen MR) is 149 cm³/mol. The molecule has 0 fully saturated rings. The fourth-order valence-corrected chi connectivity index (χ4v) is 6.55. The van der Waals surface area contributed by atoms with Crippen LogP contribution in [0.1, 0.15) is 37.7 Å². The quantitative estimate of drug-likeness (QED) is 0.290. The molecule has 36 heavy (non-hydrogen) atoms. The predicted octanol–water partition coefficient (Wildman–Crippen LogP) is 6.06. The average molecular weight is 604 g/mol. The van der Waals surface area contributed by atoms with E-state index >= 15 is 0 Å². The second-order valence-corrected chi connectivity index (χ2v) is 11.6. The van der Waals surface area contributed by atoms with E-state index in [0.717, 1.165) is 37.8 Å². The highest BCUT2D eigenvalue weighted by Gasteiger charge is 2.24. The van der Waals surface area contributed by atoms with Crippen LogP contribution in [0.5, 0.6) is 0 Å². The molecule has 1 unspecified atom stereocenters. The molecule has 0 saturated carbocycles. The van der Waals surface area contributed by atoms with Crippen molar-refractivity contribution in [1.29, 1.82) is 0 Å².